The first-order chi connectivity index (χ1) is 18.4. The Labute approximate surface area is 233 Å². The molecule has 0 radical (unpaired) electrons. The summed E-state index contributed by atoms with van der Waals surface area (Å²) >= 11 is 1.35. The third-order valence-corrected chi connectivity index (χ3v) is 7.55. The van der Waals surface area contributed by atoms with Crippen LogP contribution in [0.15, 0.2) is 47.6 Å². The summed E-state index contributed by atoms with van der Waals surface area (Å²) in [7, 11) is 1.78. The van der Waals surface area contributed by atoms with Crippen molar-refractivity contribution in [2.24, 2.45) is 5.73 Å². The first kappa shape index (κ1) is 29.5. The van der Waals surface area contributed by atoms with E-state index in [2.05, 4.69) is 21.4 Å². The molecule has 0 saturated carbocycles. The molecule has 39 heavy (non-hydrogen) atoms. The Morgan fingerprint density at radius 2 is 1.79 bits per heavy atom. The van der Waals surface area contributed by atoms with Gasteiger partial charge >= 0.3 is 0 Å². The summed E-state index contributed by atoms with van der Waals surface area (Å²) in [5, 5.41) is 12.8. The molecule has 0 spiro atoms. The van der Waals surface area contributed by atoms with Crippen molar-refractivity contribution in [3.05, 3.63) is 59.4 Å². The Balaban J connectivity index is 1.71. The third kappa shape index (κ3) is 7.52. The molecular weight excluding hydrogens is 512 g/mol. The van der Waals surface area contributed by atoms with Crippen molar-refractivity contribution in [1.29, 1.82) is 5.26 Å². The number of carbonyl (C=O) groups excluding carboxylic acids is 2. The number of nitrogens with zero attached hydrogens (tertiary/aromatic N) is 5. The highest BCUT2D eigenvalue weighted by Gasteiger charge is 2.31. The van der Waals surface area contributed by atoms with Crippen LogP contribution in [-0.2, 0) is 21.8 Å². The minimum atomic E-state index is -0.446. The van der Waals surface area contributed by atoms with Gasteiger partial charge in [0.15, 0.2) is 5.16 Å². The van der Waals surface area contributed by atoms with Crippen LogP contribution in [0.25, 0.3) is 11.3 Å². The number of hydrogen-bond acceptors (Lipinski definition) is 9. The number of aromatic nitrogens is 3. The van der Waals surface area contributed by atoms with Crippen molar-refractivity contribution in [2.75, 3.05) is 18.1 Å². The number of nitrogen functional groups attached to an aromatic ring is 1. The van der Waals surface area contributed by atoms with Gasteiger partial charge in [-0.15, -0.1) is 0 Å². The summed E-state index contributed by atoms with van der Waals surface area (Å²) in [5.41, 5.74) is 15.2. The van der Waals surface area contributed by atoms with Crippen LogP contribution >= 0.6 is 11.8 Å². The zero-order chi connectivity index (χ0) is 28.7. The SMILES string of the molecule is CC(=O)Nc1ccc(-c2nc(SCc3cccc(CCC(=O)N(C)C(C)(C)C(C)N)n3)nc(N)c2C#N)cc1. The summed E-state index contributed by atoms with van der Waals surface area (Å²) in [6.07, 6.45) is 0.839. The molecule has 2 aromatic heterocycles. The van der Waals surface area contributed by atoms with Gasteiger partial charge in [0.25, 0.3) is 0 Å². The highest BCUT2D eigenvalue weighted by molar-refractivity contribution is 7.98. The molecule has 1 unspecified atom stereocenters. The monoisotopic (exact) mass is 546 g/mol. The van der Waals surface area contributed by atoms with E-state index in [-0.39, 0.29) is 29.2 Å². The molecule has 0 fully saturated rings. The largest absolute Gasteiger partial charge is 0.382 e. The van der Waals surface area contributed by atoms with E-state index in [9.17, 15) is 14.9 Å². The molecule has 3 aromatic rings. The van der Waals surface area contributed by atoms with E-state index >= 15 is 0 Å². The van der Waals surface area contributed by atoms with Gasteiger partial charge in [0, 0.05) is 49.1 Å². The number of benzene rings is 1. The van der Waals surface area contributed by atoms with Crippen LogP contribution in [0.5, 0.6) is 0 Å². The minimum absolute atomic E-state index is 0.0120. The van der Waals surface area contributed by atoms with E-state index in [0.717, 1.165) is 11.4 Å². The number of aryl methyl sites for hydroxylation is 1. The van der Waals surface area contributed by atoms with Crippen LogP contribution in [0.3, 0.4) is 0 Å². The van der Waals surface area contributed by atoms with E-state index in [0.29, 0.717) is 40.7 Å². The molecule has 0 saturated heterocycles. The number of thioether (sulfide) groups is 1. The van der Waals surface area contributed by atoms with Gasteiger partial charge in [0.1, 0.15) is 17.5 Å². The Bertz CT molecular complexity index is 1380. The maximum Gasteiger partial charge on any atom is 0.223 e. The molecule has 0 aliphatic heterocycles. The highest BCUT2D eigenvalue weighted by Crippen LogP contribution is 2.29. The highest BCUT2D eigenvalue weighted by atomic mass is 32.2. The van der Waals surface area contributed by atoms with Crippen LogP contribution in [-0.4, -0.2) is 50.3 Å². The van der Waals surface area contributed by atoms with Gasteiger partial charge in [-0.3, -0.25) is 14.6 Å². The number of amides is 2. The van der Waals surface area contributed by atoms with Crippen LogP contribution in [0.1, 0.15) is 51.1 Å². The molecule has 204 valence electrons. The van der Waals surface area contributed by atoms with Gasteiger partial charge in [-0.25, -0.2) is 9.97 Å². The first-order valence-corrected chi connectivity index (χ1v) is 13.5. The molecule has 10 nitrogen and oxygen atoms in total. The normalized spacial score (nSPS) is 11.9. The van der Waals surface area contributed by atoms with Gasteiger partial charge in [0.2, 0.25) is 11.8 Å². The number of hydrogen-bond donors (Lipinski definition) is 3. The second-order valence-electron chi connectivity index (χ2n) is 9.79. The Kier molecular flexibility index (Phi) is 9.61. The number of anilines is 2. The summed E-state index contributed by atoms with van der Waals surface area (Å²) in [5.74, 6) is 0.409. The van der Waals surface area contributed by atoms with Crippen molar-refractivity contribution in [1.82, 2.24) is 19.9 Å². The second-order valence-corrected chi connectivity index (χ2v) is 10.7. The summed E-state index contributed by atoms with van der Waals surface area (Å²) in [6.45, 7) is 7.24. The molecule has 1 atom stereocenters. The number of nitriles is 1. The zero-order valence-electron chi connectivity index (χ0n) is 22.9. The zero-order valence-corrected chi connectivity index (χ0v) is 23.7. The average Bonchev–Trinajstić information content (AvgIpc) is 2.90. The topological polar surface area (TPSA) is 164 Å². The predicted octanol–water partition coefficient (Wildman–Crippen LogP) is 3.76. The van der Waals surface area contributed by atoms with Crippen molar-refractivity contribution in [3.8, 4) is 17.3 Å². The van der Waals surface area contributed by atoms with Gasteiger partial charge in [-0.2, -0.15) is 5.26 Å². The number of carbonyl (C=O) groups is 2. The smallest absolute Gasteiger partial charge is 0.223 e. The molecule has 3 rings (SSSR count). The average molecular weight is 547 g/mol. The molecule has 1 aromatic carbocycles. The van der Waals surface area contributed by atoms with Crippen LogP contribution in [0.2, 0.25) is 0 Å². The molecule has 0 aliphatic carbocycles. The molecule has 11 heteroatoms. The van der Waals surface area contributed by atoms with Gasteiger partial charge in [0.05, 0.1) is 16.9 Å². The number of likely N-dealkylation sites (N-methyl/N-ethyl adjacent to an activating group) is 1. The van der Waals surface area contributed by atoms with Gasteiger partial charge in [-0.1, -0.05) is 30.0 Å². The van der Waals surface area contributed by atoms with E-state index in [1.54, 1.807) is 36.2 Å². The molecule has 5 N–H and O–H groups in total. The van der Waals surface area contributed by atoms with E-state index in [1.807, 2.05) is 39.0 Å². The number of nitrogens with two attached hydrogens (primary N) is 2. The maximum absolute atomic E-state index is 12.7. The predicted molar refractivity (Wildman–Crippen MR) is 154 cm³/mol. The Morgan fingerprint density at radius 3 is 2.41 bits per heavy atom. The van der Waals surface area contributed by atoms with Crippen LogP contribution < -0.4 is 16.8 Å². The Morgan fingerprint density at radius 1 is 1.13 bits per heavy atom. The fourth-order valence-electron chi connectivity index (χ4n) is 3.67. The molecule has 0 bridgehead atoms. The van der Waals surface area contributed by atoms with Crippen molar-refractivity contribution in [3.63, 3.8) is 0 Å². The maximum atomic E-state index is 12.7. The minimum Gasteiger partial charge on any atom is -0.382 e. The Hall–Kier alpha value is -4.01. The van der Waals surface area contributed by atoms with Gasteiger partial charge in [-0.05, 0) is 51.5 Å². The lowest BCUT2D eigenvalue weighted by Gasteiger charge is -2.39. The lowest BCUT2D eigenvalue weighted by molar-refractivity contribution is -0.135. The molecular formula is C28H34N8O2S. The fourth-order valence-corrected chi connectivity index (χ4v) is 4.43. The standard InChI is InChI=1S/C28H34N8O2S/c1-17(30)28(3,4)36(5)24(38)14-13-20-7-6-8-22(33-20)16-39-27-34-25(23(15-29)26(31)35-27)19-9-11-21(12-10-19)32-18(2)37/h6-12,17H,13-14,16,30H2,1-5H3,(H,32,37)(H2,31,34,35). The van der Waals surface area contributed by atoms with Crippen LogP contribution in [0.4, 0.5) is 11.5 Å². The summed E-state index contributed by atoms with van der Waals surface area (Å²) in [4.78, 5) is 39.3. The van der Waals surface area contributed by atoms with Crippen LogP contribution in [0, 0.1) is 11.3 Å². The third-order valence-electron chi connectivity index (χ3n) is 6.67. The summed E-state index contributed by atoms with van der Waals surface area (Å²) in [6, 6.07) is 14.6. The van der Waals surface area contributed by atoms with Crippen molar-refractivity contribution in [2.45, 2.75) is 63.0 Å². The fraction of sp³-hybridized carbons (Fsp3) is 0.357. The molecule has 2 heterocycles. The molecule has 0 aliphatic rings. The number of rotatable bonds is 10. The van der Waals surface area contributed by atoms with E-state index in [1.165, 1.54) is 18.7 Å². The first-order valence-electron chi connectivity index (χ1n) is 12.5. The lowest BCUT2D eigenvalue weighted by atomic mass is 9.94. The van der Waals surface area contributed by atoms with Gasteiger partial charge < -0.3 is 21.7 Å². The van der Waals surface area contributed by atoms with E-state index < -0.39 is 5.54 Å². The molecule has 2 amide bonds. The summed E-state index contributed by atoms with van der Waals surface area (Å²) < 4.78 is 0. The van der Waals surface area contributed by atoms with E-state index in [4.69, 9.17) is 16.5 Å². The quantitative estimate of drug-likeness (QED) is 0.254. The van der Waals surface area contributed by atoms with Crippen molar-refractivity contribution >= 4 is 35.1 Å². The van der Waals surface area contributed by atoms with Crippen molar-refractivity contribution < 1.29 is 9.59 Å². The lowest BCUT2D eigenvalue weighted by Crippen LogP contribution is -2.55. The number of pyridine rings is 1. The second kappa shape index (κ2) is 12.7. The number of nitrogens with one attached hydrogen (secondary N) is 1.